The molecule has 1 N–H and O–H groups in total. The van der Waals surface area contributed by atoms with Crippen LogP contribution >= 0.6 is 0 Å². The van der Waals surface area contributed by atoms with Gasteiger partial charge in [-0.15, -0.1) is 0 Å². The molecule has 1 aliphatic rings. The average Bonchev–Trinajstić information content (AvgIpc) is 2.35. The van der Waals surface area contributed by atoms with Crippen molar-refractivity contribution in [3.8, 4) is 0 Å². The summed E-state index contributed by atoms with van der Waals surface area (Å²) in [7, 11) is 3.92. The molecule has 16 heavy (non-hydrogen) atoms. The van der Waals surface area contributed by atoms with E-state index in [4.69, 9.17) is 4.74 Å². The lowest BCUT2D eigenvalue weighted by Gasteiger charge is -2.37. The summed E-state index contributed by atoms with van der Waals surface area (Å²) < 4.78 is 5.15. The summed E-state index contributed by atoms with van der Waals surface area (Å²) in [5.74, 6) is 1.86. The van der Waals surface area contributed by atoms with E-state index in [9.17, 15) is 0 Å². The van der Waals surface area contributed by atoms with Crippen molar-refractivity contribution >= 4 is 0 Å². The molecular weight excluding hydrogens is 198 g/mol. The molecule has 3 unspecified atom stereocenters. The van der Waals surface area contributed by atoms with Gasteiger partial charge in [0.1, 0.15) is 0 Å². The van der Waals surface area contributed by atoms with Gasteiger partial charge >= 0.3 is 0 Å². The van der Waals surface area contributed by atoms with E-state index in [0.717, 1.165) is 18.4 Å². The van der Waals surface area contributed by atoms with Crippen LogP contribution in [0.1, 0.15) is 51.9 Å². The van der Waals surface area contributed by atoms with Crippen molar-refractivity contribution in [2.75, 3.05) is 20.8 Å². The first kappa shape index (κ1) is 14.0. The van der Waals surface area contributed by atoms with E-state index in [0.29, 0.717) is 6.04 Å². The molecule has 1 rings (SSSR count). The molecule has 1 saturated carbocycles. The quantitative estimate of drug-likeness (QED) is 0.674. The first-order chi connectivity index (χ1) is 7.83. The van der Waals surface area contributed by atoms with Crippen LogP contribution in [0.4, 0.5) is 0 Å². The Morgan fingerprint density at radius 3 is 2.69 bits per heavy atom. The highest BCUT2D eigenvalue weighted by Crippen LogP contribution is 2.35. The monoisotopic (exact) mass is 227 g/mol. The number of ether oxygens (including phenoxy) is 1. The van der Waals surface area contributed by atoms with E-state index in [1.54, 1.807) is 7.11 Å². The largest absolute Gasteiger partial charge is 0.385 e. The third kappa shape index (κ3) is 4.06. The normalized spacial score (nSPS) is 27.9. The number of methoxy groups -OCH3 is 1. The highest BCUT2D eigenvalue weighted by Gasteiger charge is 2.29. The molecule has 96 valence electrons. The third-order valence-electron chi connectivity index (χ3n) is 4.24. The second-order valence-electron chi connectivity index (χ2n) is 5.15. The van der Waals surface area contributed by atoms with E-state index in [1.807, 2.05) is 0 Å². The Bertz CT molecular complexity index is 172. The molecule has 0 heterocycles. The smallest absolute Gasteiger partial charge is 0.0462 e. The lowest BCUT2D eigenvalue weighted by atomic mass is 9.73. The molecule has 1 fully saturated rings. The molecule has 0 aromatic rings. The van der Waals surface area contributed by atoms with Crippen LogP contribution in [0.15, 0.2) is 0 Å². The molecule has 0 bridgehead atoms. The lowest BCUT2D eigenvalue weighted by molar-refractivity contribution is 0.152. The van der Waals surface area contributed by atoms with E-state index in [1.165, 1.54) is 44.9 Å². The van der Waals surface area contributed by atoms with Crippen LogP contribution in [0, 0.1) is 11.8 Å². The van der Waals surface area contributed by atoms with Crippen LogP contribution in [0.25, 0.3) is 0 Å². The van der Waals surface area contributed by atoms with Crippen LogP contribution in [0.5, 0.6) is 0 Å². The fraction of sp³-hybridized carbons (Fsp3) is 1.00. The second-order valence-corrected chi connectivity index (χ2v) is 5.15. The van der Waals surface area contributed by atoms with E-state index in [-0.39, 0.29) is 0 Å². The van der Waals surface area contributed by atoms with Gasteiger partial charge in [-0.2, -0.15) is 0 Å². The maximum absolute atomic E-state index is 5.15. The second kappa shape index (κ2) is 8.08. The standard InChI is InChI=1S/C14H29NO/c1-4-12-8-5-6-9-13(12)14(15-2)10-7-11-16-3/h12-15H,4-11H2,1-3H3. The first-order valence-electron chi connectivity index (χ1n) is 6.99. The maximum atomic E-state index is 5.15. The zero-order valence-corrected chi connectivity index (χ0v) is 11.3. The van der Waals surface area contributed by atoms with Gasteiger partial charge in [0.25, 0.3) is 0 Å². The zero-order chi connectivity index (χ0) is 11.8. The average molecular weight is 227 g/mol. The van der Waals surface area contributed by atoms with Crippen LogP contribution in [0.2, 0.25) is 0 Å². The predicted molar refractivity (Wildman–Crippen MR) is 69.7 cm³/mol. The number of hydrogen-bond acceptors (Lipinski definition) is 2. The van der Waals surface area contributed by atoms with Gasteiger partial charge in [0.15, 0.2) is 0 Å². The molecule has 2 nitrogen and oxygen atoms in total. The molecule has 0 aromatic carbocycles. The molecule has 1 aliphatic carbocycles. The highest BCUT2D eigenvalue weighted by atomic mass is 16.5. The van der Waals surface area contributed by atoms with Crippen LogP contribution in [-0.2, 0) is 4.74 Å². The van der Waals surface area contributed by atoms with Crippen molar-refractivity contribution in [1.82, 2.24) is 5.32 Å². The summed E-state index contributed by atoms with van der Waals surface area (Å²) in [4.78, 5) is 0. The van der Waals surface area contributed by atoms with Gasteiger partial charge < -0.3 is 10.1 Å². The molecule has 0 amide bonds. The molecule has 0 aliphatic heterocycles. The van der Waals surface area contributed by atoms with Gasteiger partial charge in [0.05, 0.1) is 0 Å². The molecule has 0 radical (unpaired) electrons. The van der Waals surface area contributed by atoms with Crippen molar-refractivity contribution in [2.45, 2.75) is 57.9 Å². The van der Waals surface area contributed by atoms with Crippen LogP contribution in [0.3, 0.4) is 0 Å². The Hall–Kier alpha value is -0.0800. The summed E-state index contributed by atoms with van der Waals surface area (Å²) in [6.07, 6.45) is 9.57. The molecule has 2 heteroatoms. The Balaban J connectivity index is 2.41. The van der Waals surface area contributed by atoms with Gasteiger partial charge in [-0.05, 0) is 38.1 Å². The van der Waals surface area contributed by atoms with Crippen molar-refractivity contribution < 1.29 is 4.74 Å². The number of nitrogens with one attached hydrogen (secondary N) is 1. The van der Waals surface area contributed by atoms with Crippen molar-refractivity contribution in [2.24, 2.45) is 11.8 Å². The van der Waals surface area contributed by atoms with Crippen molar-refractivity contribution in [3.05, 3.63) is 0 Å². The van der Waals surface area contributed by atoms with Gasteiger partial charge in [-0.1, -0.05) is 32.6 Å². The fourth-order valence-electron chi connectivity index (χ4n) is 3.29. The third-order valence-corrected chi connectivity index (χ3v) is 4.24. The summed E-state index contributed by atoms with van der Waals surface area (Å²) in [5, 5.41) is 3.54. The topological polar surface area (TPSA) is 21.3 Å². The maximum Gasteiger partial charge on any atom is 0.0462 e. The first-order valence-corrected chi connectivity index (χ1v) is 6.99. The minimum atomic E-state index is 0.709. The fourth-order valence-corrected chi connectivity index (χ4v) is 3.29. The van der Waals surface area contributed by atoms with Gasteiger partial charge in [-0.3, -0.25) is 0 Å². The lowest BCUT2D eigenvalue weighted by Crippen LogP contribution is -2.39. The molecule has 0 aromatic heterocycles. The number of hydrogen-bond donors (Lipinski definition) is 1. The van der Waals surface area contributed by atoms with E-state index >= 15 is 0 Å². The van der Waals surface area contributed by atoms with Gasteiger partial charge in [0, 0.05) is 19.8 Å². The summed E-state index contributed by atoms with van der Waals surface area (Å²) >= 11 is 0. The minimum Gasteiger partial charge on any atom is -0.385 e. The van der Waals surface area contributed by atoms with Crippen LogP contribution in [-0.4, -0.2) is 26.8 Å². The number of rotatable bonds is 7. The minimum absolute atomic E-state index is 0.709. The molecule has 0 saturated heterocycles. The van der Waals surface area contributed by atoms with Gasteiger partial charge in [0.2, 0.25) is 0 Å². The Morgan fingerprint density at radius 1 is 1.31 bits per heavy atom. The summed E-state index contributed by atoms with van der Waals surface area (Å²) in [6, 6.07) is 0.709. The molecular formula is C14H29NO. The molecule has 0 spiro atoms. The van der Waals surface area contributed by atoms with Crippen molar-refractivity contribution in [3.63, 3.8) is 0 Å². The zero-order valence-electron chi connectivity index (χ0n) is 11.3. The summed E-state index contributed by atoms with van der Waals surface area (Å²) in [6.45, 7) is 3.26. The Labute approximate surface area is 101 Å². The van der Waals surface area contributed by atoms with Crippen LogP contribution < -0.4 is 5.32 Å². The highest BCUT2D eigenvalue weighted by molar-refractivity contribution is 4.83. The summed E-state index contributed by atoms with van der Waals surface area (Å²) in [5.41, 5.74) is 0. The molecule has 3 atom stereocenters. The van der Waals surface area contributed by atoms with E-state index < -0.39 is 0 Å². The predicted octanol–water partition coefficient (Wildman–Crippen LogP) is 3.22. The van der Waals surface area contributed by atoms with E-state index in [2.05, 4.69) is 19.3 Å². The van der Waals surface area contributed by atoms with Gasteiger partial charge in [-0.25, -0.2) is 0 Å². The Kier molecular flexibility index (Phi) is 7.06. The SMILES string of the molecule is CCC1CCCCC1C(CCCOC)NC. The Morgan fingerprint density at radius 2 is 2.06 bits per heavy atom. The van der Waals surface area contributed by atoms with Crippen molar-refractivity contribution in [1.29, 1.82) is 0 Å².